The van der Waals surface area contributed by atoms with Crippen LogP contribution in [0.3, 0.4) is 0 Å². The van der Waals surface area contributed by atoms with Crippen LogP contribution in [0.5, 0.6) is 0 Å². The summed E-state index contributed by atoms with van der Waals surface area (Å²) in [4.78, 5) is 14.4. The van der Waals surface area contributed by atoms with E-state index in [-0.39, 0.29) is 6.04 Å². The highest BCUT2D eigenvalue weighted by atomic mass is 16.2. The zero-order valence-electron chi connectivity index (χ0n) is 9.67. The molecule has 0 aromatic heterocycles. The third-order valence-corrected chi connectivity index (χ3v) is 3.74. The number of carbonyl (C=O) groups is 1. The van der Waals surface area contributed by atoms with E-state index in [4.69, 9.17) is 0 Å². The van der Waals surface area contributed by atoms with Gasteiger partial charge in [-0.05, 0) is 45.1 Å². The van der Waals surface area contributed by atoms with Gasteiger partial charge in [-0.2, -0.15) is 0 Å². The minimum atomic E-state index is 0.122. The molecule has 1 N–H and O–H groups in total. The third kappa shape index (κ3) is 2.33. The lowest BCUT2D eigenvalue weighted by Gasteiger charge is -2.36. The summed E-state index contributed by atoms with van der Waals surface area (Å²) in [6.07, 6.45) is 6.98. The van der Waals surface area contributed by atoms with Crippen LogP contribution in [-0.2, 0) is 4.79 Å². The Balaban J connectivity index is 1.96. The smallest absolute Gasteiger partial charge is 0.239 e. The van der Waals surface area contributed by atoms with Gasteiger partial charge in [0.15, 0.2) is 0 Å². The Kier molecular flexibility index (Phi) is 3.62. The van der Waals surface area contributed by atoms with Gasteiger partial charge in [-0.25, -0.2) is 0 Å². The van der Waals surface area contributed by atoms with Crippen LogP contribution >= 0.6 is 0 Å². The van der Waals surface area contributed by atoms with Crippen LogP contribution in [0, 0.1) is 0 Å². The van der Waals surface area contributed by atoms with Gasteiger partial charge < -0.3 is 10.2 Å². The first-order chi connectivity index (χ1) is 7.33. The second-order valence-corrected chi connectivity index (χ2v) is 4.74. The van der Waals surface area contributed by atoms with Crippen molar-refractivity contribution in [3.05, 3.63) is 0 Å². The average molecular weight is 210 g/mol. The van der Waals surface area contributed by atoms with Crippen LogP contribution in [0.2, 0.25) is 0 Å². The van der Waals surface area contributed by atoms with E-state index in [1.807, 2.05) is 0 Å². The number of carbonyl (C=O) groups excluding carboxylic acids is 1. The molecule has 2 atom stereocenters. The Labute approximate surface area is 92.2 Å². The highest BCUT2D eigenvalue weighted by Crippen LogP contribution is 2.21. The van der Waals surface area contributed by atoms with Crippen molar-refractivity contribution in [1.82, 2.24) is 10.2 Å². The lowest BCUT2D eigenvalue weighted by molar-refractivity contribution is -0.136. The van der Waals surface area contributed by atoms with Gasteiger partial charge in [0.1, 0.15) is 0 Å². The van der Waals surface area contributed by atoms with Gasteiger partial charge in [0.05, 0.1) is 6.04 Å². The molecule has 2 aliphatic rings. The molecule has 0 saturated carbocycles. The van der Waals surface area contributed by atoms with Crippen LogP contribution in [0.1, 0.15) is 45.4 Å². The molecular formula is C12H22N2O. The fourth-order valence-electron chi connectivity index (χ4n) is 2.81. The molecule has 0 aromatic carbocycles. The molecule has 0 bridgehead atoms. The van der Waals surface area contributed by atoms with E-state index in [0.717, 1.165) is 32.4 Å². The summed E-state index contributed by atoms with van der Waals surface area (Å²) in [7, 11) is 0. The third-order valence-electron chi connectivity index (χ3n) is 3.74. The molecule has 2 fully saturated rings. The first kappa shape index (κ1) is 10.9. The van der Waals surface area contributed by atoms with Crippen LogP contribution < -0.4 is 5.32 Å². The Morgan fingerprint density at radius 2 is 2.20 bits per heavy atom. The van der Waals surface area contributed by atoms with E-state index >= 15 is 0 Å². The number of piperidine rings is 1. The van der Waals surface area contributed by atoms with E-state index < -0.39 is 0 Å². The summed E-state index contributed by atoms with van der Waals surface area (Å²) in [6.45, 7) is 4.19. The highest BCUT2D eigenvalue weighted by Gasteiger charge is 2.31. The second-order valence-electron chi connectivity index (χ2n) is 4.74. The van der Waals surface area contributed by atoms with Gasteiger partial charge in [-0.15, -0.1) is 0 Å². The number of likely N-dealkylation sites (tertiary alicyclic amines) is 1. The molecule has 86 valence electrons. The average Bonchev–Trinajstić information content (AvgIpc) is 2.81. The largest absolute Gasteiger partial charge is 0.338 e. The van der Waals surface area contributed by atoms with Crippen molar-refractivity contribution >= 4 is 5.91 Å². The Bertz CT molecular complexity index is 224. The maximum atomic E-state index is 12.2. The SMILES string of the molecule is CC[C@@H]1CCCCN1C(=O)[C@@H]1CCCN1. The maximum absolute atomic E-state index is 12.2. The van der Waals surface area contributed by atoms with Crippen molar-refractivity contribution < 1.29 is 4.79 Å². The van der Waals surface area contributed by atoms with Gasteiger partial charge in [-0.3, -0.25) is 4.79 Å². The molecule has 0 unspecified atom stereocenters. The molecular weight excluding hydrogens is 188 g/mol. The molecule has 15 heavy (non-hydrogen) atoms. The predicted molar refractivity (Wildman–Crippen MR) is 60.7 cm³/mol. The van der Waals surface area contributed by atoms with Crippen molar-refractivity contribution in [3.8, 4) is 0 Å². The molecule has 3 nitrogen and oxygen atoms in total. The topological polar surface area (TPSA) is 32.3 Å². The molecule has 2 rings (SSSR count). The molecule has 1 amide bonds. The number of nitrogens with one attached hydrogen (secondary N) is 1. The van der Waals surface area contributed by atoms with Crippen molar-refractivity contribution in [2.45, 2.75) is 57.5 Å². The predicted octanol–water partition coefficient (Wildman–Crippen LogP) is 1.53. The molecule has 2 heterocycles. The van der Waals surface area contributed by atoms with E-state index in [2.05, 4.69) is 17.1 Å². The van der Waals surface area contributed by atoms with Crippen LogP contribution in [0.25, 0.3) is 0 Å². The number of amides is 1. The minimum Gasteiger partial charge on any atom is -0.338 e. The molecule has 0 aromatic rings. The number of hydrogen-bond donors (Lipinski definition) is 1. The quantitative estimate of drug-likeness (QED) is 0.749. The van der Waals surface area contributed by atoms with Gasteiger partial charge in [-0.1, -0.05) is 6.92 Å². The summed E-state index contributed by atoms with van der Waals surface area (Å²) >= 11 is 0. The molecule has 2 aliphatic heterocycles. The fourth-order valence-corrected chi connectivity index (χ4v) is 2.81. The summed E-state index contributed by atoms with van der Waals surface area (Å²) in [6, 6.07) is 0.630. The molecule has 2 saturated heterocycles. The minimum absolute atomic E-state index is 0.122. The number of hydrogen-bond acceptors (Lipinski definition) is 2. The Morgan fingerprint density at radius 1 is 1.33 bits per heavy atom. The number of nitrogens with zero attached hydrogens (tertiary/aromatic N) is 1. The van der Waals surface area contributed by atoms with Crippen LogP contribution in [0.15, 0.2) is 0 Å². The van der Waals surface area contributed by atoms with E-state index in [1.54, 1.807) is 0 Å². The summed E-state index contributed by atoms with van der Waals surface area (Å²) in [5.74, 6) is 0.360. The monoisotopic (exact) mass is 210 g/mol. The Morgan fingerprint density at radius 3 is 2.87 bits per heavy atom. The van der Waals surface area contributed by atoms with E-state index in [1.165, 1.54) is 19.3 Å². The second kappa shape index (κ2) is 4.97. The normalized spacial score (nSPS) is 31.9. The van der Waals surface area contributed by atoms with E-state index in [9.17, 15) is 4.79 Å². The van der Waals surface area contributed by atoms with Crippen LogP contribution in [0.4, 0.5) is 0 Å². The Hall–Kier alpha value is -0.570. The van der Waals surface area contributed by atoms with Crippen LogP contribution in [-0.4, -0.2) is 36.0 Å². The highest BCUT2D eigenvalue weighted by molar-refractivity contribution is 5.82. The lowest BCUT2D eigenvalue weighted by Crippen LogP contribution is -2.50. The van der Waals surface area contributed by atoms with Gasteiger partial charge >= 0.3 is 0 Å². The molecule has 0 radical (unpaired) electrons. The summed E-state index contributed by atoms with van der Waals surface area (Å²) in [5.41, 5.74) is 0. The van der Waals surface area contributed by atoms with Crippen molar-refractivity contribution in [3.63, 3.8) is 0 Å². The zero-order chi connectivity index (χ0) is 10.7. The number of rotatable bonds is 2. The van der Waals surface area contributed by atoms with Crippen molar-refractivity contribution in [2.75, 3.05) is 13.1 Å². The first-order valence-corrected chi connectivity index (χ1v) is 6.36. The first-order valence-electron chi connectivity index (χ1n) is 6.36. The fraction of sp³-hybridized carbons (Fsp3) is 0.917. The van der Waals surface area contributed by atoms with Crippen molar-refractivity contribution in [1.29, 1.82) is 0 Å². The lowest BCUT2D eigenvalue weighted by atomic mass is 9.99. The summed E-state index contributed by atoms with van der Waals surface area (Å²) < 4.78 is 0. The van der Waals surface area contributed by atoms with Gasteiger partial charge in [0.25, 0.3) is 0 Å². The maximum Gasteiger partial charge on any atom is 0.239 e. The zero-order valence-corrected chi connectivity index (χ0v) is 9.67. The van der Waals surface area contributed by atoms with Gasteiger partial charge in [0.2, 0.25) is 5.91 Å². The summed E-state index contributed by atoms with van der Waals surface area (Å²) in [5, 5.41) is 3.31. The molecule has 0 aliphatic carbocycles. The van der Waals surface area contributed by atoms with Crippen molar-refractivity contribution in [2.24, 2.45) is 0 Å². The van der Waals surface area contributed by atoms with E-state index in [0.29, 0.717) is 11.9 Å². The van der Waals surface area contributed by atoms with Gasteiger partial charge in [0, 0.05) is 12.6 Å². The molecule has 3 heteroatoms. The molecule has 0 spiro atoms. The standard InChI is InChI=1S/C12H22N2O/c1-2-10-6-3-4-9-14(10)12(15)11-7-5-8-13-11/h10-11,13H,2-9H2,1H3/t10-,11+/m1/s1.